The number of alkyl halides is 3. The van der Waals surface area contributed by atoms with Crippen molar-refractivity contribution in [3.63, 3.8) is 0 Å². The molecular formula is C15H14F3O4-. The minimum atomic E-state index is -4.86. The van der Waals surface area contributed by atoms with Crippen molar-refractivity contribution in [2.75, 3.05) is 0 Å². The van der Waals surface area contributed by atoms with Gasteiger partial charge < -0.3 is 14.6 Å². The van der Waals surface area contributed by atoms with Gasteiger partial charge in [-0.25, -0.2) is 4.79 Å². The molecule has 0 heterocycles. The molecule has 0 aromatic carbocycles. The number of hydrogen-bond donors (Lipinski definition) is 0. The smallest absolute Gasteiger partial charge is 0.422 e. The molecule has 3 rings (SSSR count). The Hall–Kier alpha value is -1.79. The van der Waals surface area contributed by atoms with Crippen LogP contribution in [0.4, 0.5) is 13.2 Å². The van der Waals surface area contributed by atoms with Crippen molar-refractivity contribution in [1.29, 1.82) is 0 Å². The van der Waals surface area contributed by atoms with Gasteiger partial charge in [-0.1, -0.05) is 18.2 Å². The van der Waals surface area contributed by atoms with Crippen molar-refractivity contribution in [1.82, 2.24) is 0 Å². The van der Waals surface area contributed by atoms with E-state index in [2.05, 4.69) is 6.58 Å². The summed E-state index contributed by atoms with van der Waals surface area (Å²) in [6, 6.07) is 0. The highest BCUT2D eigenvalue weighted by atomic mass is 19.4. The van der Waals surface area contributed by atoms with E-state index in [0.717, 1.165) is 5.57 Å². The summed E-state index contributed by atoms with van der Waals surface area (Å²) >= 11 is 0. The molecule has 120 valence electrons. The molecule has 22 heavy (non-hydrogen) atoms. The third-order valence-corrected chi connectivity index (χ3v) is 5.08. The van der Waals surface area contributed by atoms with E-state index in [0.29, 0.717) is 19.3 Å². The number of carbonyl (C=O) groups excluding carboxylic acids is 2. The molecule has 2 fully saturated rings. The van der Waals surface area contributed by atoms with E-state index < -0.39 is 34.7 Å². The Morgan fingerprint density at radius 1 is 1.41 bits per heavy atom. The van der Waals surface area contributed by atoms with Gasteiger partial charge in [0.1, 0.15) is 11.2 Å². The van der Waals surface area contributed by atoms with Gasteiger partial charge in [-0.3, -0.25) is 0 Å². The van der Waals surface area contributed by atoms with Crippen molar-refractivity contribution < 1.29 is 32.6 Å². The fourth-order valence-electron chi connectivity index (χ4n) is 4.14. The van der Waals surface area contributed by atoms with Gasteiger partial charge in [-0.2, -0.15) is 13.2 Å². The molecular weight excluding hydrogens is 301 g/mol. The summed E-state index contributed by atoms with van der Waals surface area (Å²) in [5.41, 5.74) is -3.15. The molecule has 3 aliphatic carbocycles. The molecule has 0 aliphatic heterocycles. The van der Waals surface area contributed by atoms with Crippen molar-refractivity contribution in [2.24, 2.45) is 11.3 Å². The summed E-state index contributed by atoms with van der Waals surface area (Å²) < 4.78 is 42.9. The van der Waals surface area contributed by atoms with Crippen LogP contribution in [0.15, 0.2) is 23.8 Å². The van der Waals surface area contributed by atoms with Gasteiger partial charge in [0, 0.05) is 24.2 Å². The molecule has 4 nitrogen and oxygen atoms in total. The average Bonchev–Trinajstić information content (AvgIpc) is 2.51. The van der Waals surface area contributed by atoms with Gasteiger partial charge in [0.2, 0.25) is 0 Å². The molecule has 0 spiro atoms. The van der Waals surface area contributed by atoms with E-state index in [4.69, 9.17) is 4.74 Å². The molecule has 3 atom stereocenters. The topological polar surface area (TPSA) is 66.4 Å². The maximum Gasteiger partial charge on any atom is 0.422 e. The monoisotopic (exact) mass is 315 g/mol. The second-order valence-corrected chi connectivity index (χ2v) is 6.47. The van der Waals surface area contributed by atoms with Crippen LogP contribution in [-0.2, 0) is 14.3 Å². The number of halogens is 3. The fourth-order valence-corrected chi connectivity index (χ4v) is 4.14. The summed E-state index contributed by atoms with van der Waals surface area (Å²) in [6.45, 7) is 2.74. The summed E-state index contributed by atoms with van der Waals surface area (Å²) in [6.07, 6.45) is -1.40. The molecule has 0 aromatic heterocycles. The molecule has 0 N–H and O–H groups in total. The van der Waals surface area contributed by atoms with Gasteiger partial charge in [0.15, 0.2) is 0 Å². The number of carboxylic acid groups (broad SMARTS) is 1. The number of carbonyl (C=O) groups is 2. The highest BCUT2D eigenvalue weighted by molar-refractivity contribution is 5.89. The van der Waals surface area contributed by atoms with Gasteiger partial charge in [-0.05, 0) is 19.3 Å². The quantitative estimate of drug-likeness (QED) is 0.451. The third-order valence-electron chi connectivity index (χ3n) is 5.08. The van der Waals surface area contributed by atoms with Gasteiger partial charge in [-0.15, -0.1) is 0 Å². The number of ether oxygens (including phenoxy) is 1. The lowest BCUT2D eigenvalue weighted by molar-refractivity contribution is -0.317. The van der Waals surface area contributed by atoms with E-state index in [-0.39, 0.29) is 18.8 Å². The maximum absolute atomic E-state index is 12.6. The molecule has 3 aliphatic rings. The van der Waals surface area contributed by atoms with Crippen LogP contribution in [0.25, 0.3) is 0 Å². The predicted molar refractivity (Wildman–Crippen MR) is 66.1 cm³/mol. The Kier molecular flexibility index (Phi) is 3.00. The van der Waals surface area contributed by atoms with Crippen LogP contribution in [0.3, 0.4) is 0 Å². The number of rotatable bonds is 3. The molecule has 7 heteroatoms. The second-order valence-electron chi connectivity index (χ2n) is 6.47. The van der Waals surface area contributed by atoms with Crippen LogP contribution in [0.5, 0.6) is 0 Å². The van der Waals surface area contributed by atoms with E-state index in [1.165, 1.54) is 0 Å². The lowest BCUT2D eigenvalue weighted by atomic mass is 9.71. The first-order chi connectivity index (χ1) is 10.1. The molecule has 0 amide bonds. The Morgan fingerprint density at radius 3 is 2.68 bits per heavy atom. The third kappa shape index (κ3) is 2.06. The standard InChI is InChI=1S/C15H15F3O4/c1-8(15(16,17)18)11(19)22-14-5-9-2-3-10(14)6-13(4-9,7-14)12(20)21/h4,10H,1-3,5-7H2,(H,20,21)/p-1. The summed E-state index contributed by atoms with van der Waals surface area (Å²) in [7, 11) is 0. The highest BCUT2D eigenvalue weighted by Gasteiger charge is 2.61. The molecule has 0 saturated heterocycles. The number of carboxylic acids is 1. The molecule has 3 unspecified atom stereocenters. The summed E-state index contributed by atoms with van der Waals surface area (Å²) in [5, 5.41) is 11.5. The number of esters is 1. The molecule has 0 radical (unpaired) electrons. The largest absolute Gasteiger partial charge is 0.549 e. The second kappa shape index (κ2) is 4.36. The summed E-state index contributed by atoms with van der Waals surface area (Å²) in [5.74, 6) is -3.04. The van der Waals surface area contributed by atoms with Crippen molar-refractivity contribution >= 4 is 11.9 Å². The minimum Gasteiger partial charge on any atom is -0.549 e. The van der Waals surface area contributed by atoms with E-state index in [1.54, 1.807) is 6.08 Å². The molecule has 2 saturated carbocycles. The van der Waals surface area contributed by atoms with Gasteiger partial charge >= 0.3 is 12.1 Å². The Morgan fingerprint density at radius 2 is 2.09 bits per heavy atom. The molecule has 0 aromatic rings. The Labute approximate surface area is 124 Å². The first-order valence-electron chi connectivity index (χ1n) is 6.99. The van der Waals surface area contributed by atoms with E-state index in [1.807, 2.05) is 0 Å². The van der Waals surface area contributed by atoms with Crippen LogP contribution in [0.2, 0.25) is 0 Å². The van der Waals surface area contributed by atoms with Crippen molar-refractivity contribution in [3.8, 4) is 0 Å². The van der Waals surface area contributed by atoms with Crippen LogP contribution >= 0.6 is 0 Å². The maximum atomic E-state index is 12.6. The van der Waals surface area contributed by atoms with Crippen molar-refractivity contribution in [3.05, 3.63) is 23.8 Å². The Balaban J connectivity index is 1.89. The lowest BCUT2D eigenvalue weighted by Gasteiger charge is -2.43. The molecule has 3 bridgehead atoms. The van der Waals surface area contributed by atoms with Crippen molar-refractivity contribution in [2.45, 2.75) is 43.9 Å². The zero-order chi connectivity index (χ0) is 16.3. The Bertz CT molecular complexity index is 606. The predicted octanol–water partition coefficient (Wildman–Crippen LogP) is 1.66. The number of aliphatic carboxylic acids is 1. The zero-order valence-electron chi connectivity index (χ0n) is 11.7. The van der Waals surface area contributed by atoms with Gasteiger partial charge in [0.05, 0.1) is 5.97 Å². The SMILES string of the molecule is C=C(C(=O)OC12CC3=CC(C(=O)[O-])(CC1CC3)C2)C(F)(F)F. The number of hydrogen-bond acceptors (Lipinski definition) is 4. The van der Waals surface area contributed by atoms with Crippen LogP contribution in [0.1, 0.15) is 32.1 Å². The van der Waals surface area contributed by atoms with E-state index >= 15 is 0 Å². The normalized spacial score (nSPS) is 36.0. The van der Waals surface area contributed by atoms with Crippen LogP contribution in [-0.4, -0.2) is 23.7 Å². The summed E-state index contributed by atoms with van der Waals surface area (Å²) in [4.78, 5) is 23.2. The zero-order valence-corrected chi connectivity index (χ0v) is 11.7. The van der Waals surface area contributed by atoms with E-state index in [9.17, 15) is 27.9 Å². The minimum absolute atomic E-state index is 0.0205. The highest BCUT2D eigenvalue weighted by Crippen LogP contribution is 2.62. The van der Waals surface area contributed by atoms with Gasteiger partial charge in [0.25, 0.3) is 0 Å². The fraction of sp³-hybridized carbons (Fsp3) is 0.600. The average molecular weight is 315 g/mol. The first kappa shape index (κ1) is 15.1. The van der Waals surface area contributed by atoms with Crippen LogP contribution < -0.4 is 5.11 Å². The number of fused-ring (bicyclic) bond motifs is 2. The van der Waals surface area contributed by atoms with Crippen LogP contribution in [0, 0.1) is 11.3 Å². The first-order valence-corrected chi connectivity index (χ1v) is 6.99. The lowest BCUT2D eigenvalue weighted by Crippen LogP contribution is -2.47.